The number of nitrogens with one attached hydrogen (secondary N) is 2. The number of sulfone groups is 1. The largest absolute Gasteiger partial charge is 0.481 e. The molecule has 1 aromatic carbocycles. The van der Waals surface area contributed by atoms with Gasteiger partial charge in [-0.15, -0.1) is 0 Å². The van der Waals surface area contributed by atoms with Gasteiger partial charge in [0.2, 0.25) is 0 Å². The lowest BCUT2D eigenvalue weighted by molar-refractivity contribution is -0.142. The van der Waals surface area contributed by atoms with E-state index in [9.17, 15) is 22.8 Å². The molecule has 0 atom stereocenters. The standard InChI is InChI=1S/C17H22N2O7S/c1-26-16(22)11-7-13(9-14(8-11)27(2,24)25)19-17(23)18-12-5-3-10(4-6-12)15(20)21/h7-10,12H,3-6H2,1-2H3,(H,20,21)(H2,18,19,23). The first-order valence-electron chi connectivity index (χ1n) is 8.34. The maximum atomic E-state index is 12.2. The molecule has 0 aromatic heterocycles. The minimum absolute atomic E-state index is 0.00214. The molecule has 0 heterocycles. The second kappa shape index (κ2) is 8.38. The summed E-state index contributed by atoms with van der Waals surface area (Å²) in [6, 6.07) is 3.02. The lowest BCUT2D eigenvalue weighted by atomic mass is 9.86. The lowest BCUT2D eigenvalue weighted by Gasteiger charge is -2.26. The number of carbonyl (C=O) groups is 3. The fraction of sp³-hybridized carbons (Fsp3) is 0.471. The first-order valence-corrected chi connectivity index (χ1v) is 10.2. The molecule has 1 fully saturated rings. The average molecular weight is 398 g/mol. The van der Waals surface area contributed by atoms with E-state index in [4.69, 9.17) is 5.11 Å². The summed E-state index contributed by atoms with van der Waals surface area (Å²) in [6.45, 7) is 0. The van der Waals surface area contributed by atoms with Crippen LogP contribution in [-0.2, 0) is 19.4 Å². The zero-order chi connectivity index (χ0) is 20.2. The SMILES string of the molecule is COC(=O)c1cc(NC(=O)NC2CCC(C(=O)O)CC2)cc(S(C)(=O)=O)c1. The van der Waals surface area contributed by atoms with Gasteiger partial charge in [0, 0.05) is 18.0 Å². The van der Waals surface area contributed by atoms with E-state index in [1.165, 1.54) is 25.3 Å². The predicted molar refractivity (Wildman–Crippen MR) is 96.4 cm³/mol. The Labute approximate surface area is 157 Å². The number of rotatable bonds is 5. The third-order valence-corrected chi connectivity index (χ3v) is 5.52. The quantitative estimate of drug-likeness (QED) is 0.641. The highest BCUT2D eigenvalue weighted by atomic mass is 32.2. The molecule has 9 nitrogen and oxygen atoms in total. The summed E-state index contributed by atoms with van der Waals surface area (Å²) in [4.78, 5) is 34.8. The van der Waals surface area contributed by atoms with Crippen LogP contribution in [0.15, 0.2) is 23.1 Å². The highest BCUT2D eigenvalue weighted by Gasteiger charge is 2.26. The van der Waals surface area contributed by atoms with E-state index < -0.39 is 27.8 Å². The molecule has 27 heavy (non-hydrogen) atoms. The van der Waals surface area contributed by atoms with E-state index in [1.807, 2.05) is 0 Å². The van der Waals surface area contributed by atoms with E-state index >= 15 is 0 Å². The summed E-state index contributed by atoms with van der Waals surface area (Å²) in [6.07, 6.45) is 3.04. The zero-order valence-electron chi connectivity index (χ0n) is 15.0. The normalized spacial score (nSPS) is 19.8. The summed E-state index contributed by atoms with van der Waals surface area (Å²) in [5.74, 6) is -1.94. The van der Waals surface area contributed by atoms with Crippen LogP contribution in [0.4, 0.5) is 10.5 Å². The Hall–Kier alpha value is -2.62. The van der Waals surface area contributed by atoms with Crippen molar-refractivity contribution in [1.82, 2.24) is 5.32 Å². The number of hydrogen-bond donors (Lipinski definition) is 3. The Kier molecular flexibility index (Phi) is 6.42. The zero-order valence-corrected chi connectivity index (χ0v) is 15.8. The van der Waals surface area contributed by atoms with E-state index in [1.54, 1.807) is 0 Å². The number of aliphatic carboxylic acids is 1. The van der Waals surface area contributed by atoms with E-state index in [0.717, 1.165) is 6.26 Å². The van der Waals surface area contributed by atoms with Crippen LogP contribution >= 0.6 is 0 Å². The van der Waals surface area contributed by atoms with Gasteiger partial charge in [-0.3, -0.25) is 4.79 Å². The van der Waals surface area contributed by atoms with Gasteiger partial charge >= 0.3 is 18.0 Å². The number of methoxy groups -OCH3 is 1. The molecule has 0 bridgehead atoms. The molecule has 0 radical (unpaired) electrons. The molecule has 1 aromatic rings. The number of esters is 1. The number of carboxylic acid groups (broad SMARTS) is 1. The molecule has 2 rings (SSSR count). The predicted octanol–water partition coefficient (Wildman–Crippen LogP) is 1.64. The van der Waals surface area contributed by atoms with Crippen LogP contribution in [0.1, 0.15) is 36.0 Å². The van der Waals surface area contributed by atoms with Crippen molar-refractivity contribution in [3.05, 3.63) is 23.8 Å². The Morgan fingerprint density at radius 2 is 1.74 bits per heavy atom. The van der Waals surface area contributed by atoms with Gasteiger partial charge in [0.15, 0.2) is 9.84 Å². The van der Waals surface area contributed by atoms with Crippen LogP contribution in [0, 0.1) is 5.92 Å². The lowest BCUT2D eigenvalue weighted by Crippen LogP contribution is -2.41. The molecule has 3 N–H and O–H groups in total. The first-order chi connectivity index (χ1) is 12.6. The highest BCUT2D eigenvalue weighted by Crippen LogP contribution is 2.25. The van der Waals surface area contributed by atoms with Crippen LogP contribution in [-0.4, -0.2) is 50.9 Å². The van der Waals surface area contributed by atoms with Crippen molar-refractivity contribution in [2.75, 3.05) is 18.7 Å². The van der Waals surface area contributed by atoms with Crippen molar-refractivity contribution < 1.29 is 32.6 Å². The summed E-state index contributed by atoms with van der Waals surface area (Å²) in [7, 11) is -2.43. The Balaban J connectivity index is 2.08. The Morgan fingerprint density at radius 3 is 2.26 bits per heavy atom. The number of carboxylic acids is 1. The molecule has 10 heteroatoms. The van der Waals surface area contributed by atoms with E-state index in [-0.39, 0.29) is 28.1 Å². The van der Waals surface area contributed by atoms with Gasteiger partial charge in [-0.25, -0.2) is 18.0 Å². The van der Waals surface area contributed by atoms with Crippen LogP contribution in [0.2, 0.25) is 0 Å². The van der Waals surface area contributed by atoms with Gasteiger partial charge in [-0.1, -0.05) is 0 Å². The highest BCUT2D eigenvalue weighted by molar-refractivity contribution is 7.90. The number of amides is 2. The number of urea groups is 1. The topological polar surface area (TPSA) is 139 Å². The third kappa shape index (κ3) is 5.68. The maximum Gasteiger partial charge on any atom is 0.337 e. The van der Waals surface area contributed by atoms with Crippen molar-refractivity contribution >= 4 is 33.5 Å². The molecule has 0 unspecified atom stereocenters. The molecular weight excluding hydrogens is 376 g/mol. The van der Waals surface area contributed by atoms with Crippen molar-refractivity contribution in [2.24, 2.45) is 5.92 Å². The second-order valence-corrected chi connectivity index (χ2v) is 8.51. The van der Waals surface area contributed by atoms with Gasteiger partial charge < -0.3 is 20.5 Å². The smallest absolute Gasteiger partial charge is 0.337 e. The van der Waals surface area contributed by atoms with E-state index in [0.29, 0.717) is 25.7 Å². The number of benzene rings is 1. The number of carbonyl (C=O) groups excluding carboxylic acids is 2. The molecule has 2 amide bonds. The third-order valence-electron chi connectivity index (χ3n) is 4.43. The van der Waals surface area contributed by atoms with Crippen LogP contribution in [0.25, 0.3) is 0 Å². The molecular formula is C17H22N2O7S. The fourth-order valence-corrected chi connectivity index (χ4v) is 3.64. The second-order valence-electron chi connectivity index (χ2n) is 6.50. The number of ether oxygens (including phenoxy) is 1. The molecule has 0 spiro atoms. The van der Waals surface area contributed by atoms with Crippen molar-refractivity contribution in [3.8, 4) is 0 Å². The number of anilines is 1. The molecule has 1 saturated carbocycles. The molecule has 1 aliphatic rings. The van der Waals surface area contributed by atoms with Crippen molar-refractivity contribution in [1.29, 1.82) is 0 Å². The Morgan fingerprint density at radius 1 is 1.11 bits per heavy atom. The van der Waals surface area contributed by atoms with Crippen molar-refractivity contribution in [3.63, 3.8) is 0 Å². The monoisotopic (exact) mass is 398 g/mol. The number of hydrogen-bond acceptors (Lipinski definition) is 6. The van der Waals surface area contributed by atoms with Crippen molar-refractivity contribution in [2.45, 2.75) is 36.6 Å². The van der Waals surface area contributed by atoms with Gasteiger partial charge in [0.1, 0.15) is 0 Å². The van der Waals surface area contributed by atoms with Gasteiger partial charge in [0.25, 0.3) is 0 Å². The molecule has 0 aliphatic heterocycles. The summed E-state index contributed by atoms with van der Waals surface area (Å²) >= 11 is 0. The first kappa shape index (κ1) is 20.7. The van der Waals surface area contributed by atoms with Gasteiger partial charge in [-0.05, 0) is 43.9 Å². The molecule has 1 aliphatic carbocycles. The van der Waals surface area contributed by atoms with Crippen LogP contribution < -0.4 is 10.6 Å². The summed E-state index contributed by atoms with van der Waals surface area (Å²) < 4.78 is 28.2. The van der Waals surface area contributed by atoms with Crippen LogP contribution in [0.5, 0.6) is 0 Å². The molecule has 148 valence electrons. The van der Waals surface area contributed by atoms with Gasteiger partial charge in [-0.2, -0.15) is 0 Å². The maximum absolute atomic E-state index is 12.2. The van der Waals surface area contributed by atoms with Gasteiger partial charge in [0.05, 0.1) is 23.5 Å². The Bertz CT molecular complexity index is 843. The molecule has 0 saturated heterocycles. The average Bonchev–Trinajstić information content (AvgIpc) is 2.60. The minimum atomic E-state index is -3.60. The van der Waals surface area contributed by atoms with E-state index in [2.05, 4.69) is 15.4 Å². The fourth-order valence-electron chi connectivity index (χ4n) is 2.96. The summed E-state index contributed by atoms with van der Waals surface area (Å²) in [5.41, 5.74) is 0.132. The minimum Gasteiger partial charge on any atom is -0.481 e. The summed E-state index contributed by atoms with van der Waals surface area (Å²) in [5, 5.41) is 14.3. The van der Waals surface area contributed by atoms with Crippen LogP contribution in [0.3, 0.4) is 0 Å².